The topological polar surface area (TPSA) is 63.9 Å². The van der Waals surface area contributed by atoms with E-state index >= 15 is 13.2 Å². The fraction of sp³-hybridized carbons (Fsp3) is 0.231. The molecule has 39 heavy (non-hydrogen) atoms. The Hall–Kier alpha value is -4.29. The summed E-state index contributed by atoms with van der Waals surface area (Å²) in [5.41, 5.74) is -5.77. The van der Waals surface area contributed by atoms with Crippen molar-refractivity contribution in [2.24, 2.45) is 7.05 Å². The summed E-state index contributed by atoms with van der Waals surface area (Å²) in [6.07, 6.45) is -1.84. The van der Waals surface area contributed by atoms with Crippen LogP contribution in [0.2, 0.25) is 0 Å². The number of aromatic nitrogens is 4. The summed E-state index contributed by atoms with van der Waals surface area (Å²) < 4.78 is 103. The summed E-state index contributed by atoms with van der Waals surface area (Å²) in [5, 5.41) is 6.68. The quantitative estimate of drug-likeness (QED) is 0.279. The molecule has 1 atom stereocenters. The van der Waals surface area contributed by atoms with Gasteiger partial charge >= 0.3 is 12.1 Å². The van der Waals surface area contributed by atoms with Crippen LogP contribution < -0.4 is 4.90 Å². The number of alkyl halides is 6. The van der Waals surface area contributed by atoms with E-state index in [1.807, 2.05) is 0 Å². The molecular weight excluding hydrogens is 531 g/mol. The van der Waals surface area contributed by atoms with Crippen LogP contribution in [0.5, 0.6) is 0 Å². The van der Waals surface area contributed by atoms with E-state index in [2.05, 4.69) is 15.2 Å². The van der Waals surface area contributed by atoms with Gasteiger partial charge in [0.2, 0.25) is 11.5 Å². The zero-order valence-electron chi connectivity index (χ0n) is 20.3. The molecule has 0 radical (unpaired) electrons. The zero-order chi connectivity index (χ0) is 28.3. The van der Waals surface area contributed by atoms with Gasteiger partial charge in [-0.2, -0.15) is 22.0 Å². The van der Waals surface area contributed by atoms with Crippen LogP contribution in [0.15, 0.2) is 61.2 Å². The third-order valence-corrected chi connectivity index (χ3v) is 6.67. The molecule has 13 heteroatoms. The Labute approximate surface area is 216 Å². The number of carbonyl (C=O) groups excluding carboxylic acids is 1. The molecule has 4 aromatic rings. The van der Waals surface area contributed by atoms with Gasteiger partial charge < -0.3 is 9.47 Å². The summed E-state index contributed by atoms with van der Waals surface area (Å²) >= 11 is 0. The van der Waals surface area contributed by atoms with Crippen molar-refractivity contribution < 1.29 is 35.5 Å². The maximum absolute atomic E-state index is 15.7. The molecule has 0 spiro atoms. The molecule has 202 valence electrons. The van der Waals surface area contributed by atoms with E-state index < -0.39 is 53.0 Å². The zero-order valence-corrected chi connectivity index (χ0v) is 20.3. The number of fused-ring (bicyclic) bond motifs is 1. The van der Waals surface area contributed by atoms with E-state index in [9.17, 15) is 22.4 Å². The number of pyridine rings is 1. The highest BCUT2D eigenvalue weighted by molar-refractivity contribution is 6.11. The van der Waals surface area contributed by atoms with Gasteiger partial charge in [-0.3, -0.25) is 9.78 Å². The molecule has 0 fully saturated rings. The molecule has 0 saturated heterocycles. The van der Waals surface area contributed by atoms with Crippen molar-refractivity contribution in [3.05, 3.63) is 95.1 Å². The normalized spacial score (nSPS) is 15.4. The largest absolute Gasteiger partial charge is 0.416 e. The average molecular weight is 549 g/mol. The number of anilines is 1. The van der Waals surface area contributed by atoms with E-state index in [1.54, 1.807) is 0 Å². The Morgan fingerprint density at radius 2 is 1.69 bits per heavy atom. The van der Waals surface area contributed by atoms with Crippen molar-refractivity contribution in [2.45, 2.75) is 31.2 Å². The Kier molecular flexibility index (Phi) is 6.00. The number of amides is 1. The molecule has 1 amide bonds. The molecule has 2 aromatic heterocycles. The summed E-state index contributed by atoms with van der Waals surface area (Å²) in [5.74, 6) is -6.72. The molecule has 0 N–H and O–H groups in total. The lowest BCUT2D eigenvalue weighted by molar-refractivity contribution is -0.149. The van der Waals surface area contributed by atoms with Crippen molar-refractivity contribution in [3.63, 3.8) is 0 Å². The summed E-state index contributed by atoms with van der Waals surface area (Å²) in [6.45, 7) is 0.0965. The number of rotatable bonds is 5. The molecule has 2 aromatic carbocycles. The van der Waals surface area contributed by atoms with E-state index in [-0.39, 0.29) is 27.9 Å². The first-order valence-electron chi connectivity index (χ1n) is 11.4. The van der Waals surface area contributed by atoms with Crippen molar-refractivity contribution in [1.29, 1.82) is 0 Å². The van der Waals surface area contributed by atoms with Crippen LogP contribution in [0.1, 0.15) is 39.8 Å². The SMILES string of the molecule is Cn1cnnc1C(F)(F)[C@](C)(F)c1cccc(N2Cc3c(cc(-c4cncc(F)c4)cc3C(F)(F)F)C2=O)c1. The fourth-order valence-electron chi connectivity index (χ4n) is 4.53. The van der Waals surface area contributed by atoms with Crippen LogP contribution in [0.3, 0.4) is 0 Å². The van der Waals surface area contributed by atoms with Gasteiger partial charge in [-0.05, 0) is 53.9 Å². The maximum atomic E-state index is 15.7. The number of aryl methyl sites for hydroxylation is 1. The van der Waals surface area contributed by atoms with E-state index in [0.717, 1.165) is 52.5 Å². The second-order valence-electron chi connectivity index (χ2n) is 9.22. The predicted molar refractivity (Wildman–Crippen MR) is 125 cm³/mol. The van der Waals surface area contributed by atoms with Gasteiger partial charge in [0.15, 0.2) is 0 Å². The summed E-state index contributed by atoms with van der Waals surface area (Å²) in [4.78, 5) is 17.9. The van der Waals surface area contributed by atoms with Crippen molar-refractivity contribution in [1.82, 2.24) is 19.7 Å². The van der Waals surface area contributed by atoms with E-state index in [0.29, 0.717) is 6.92 Å². The monoisotopic (exact) mass is 549 g/mol. The molecular formula is C26H18F7N5O. The molecule has 6 nitrogen and oxygen atoms in total. The van der Waals surface area contributed by atoms with Crippen LogP contribution in [-0.2, 0) is 31.4 Å². The predicted octanol–water partition coefficient (Wildman–Crippen LogP) is 6.17. The van der Waals surface area contributed by atoms with Gasteiger partial charge in [0.1, 0.15) is 12.1 Å². The van der Waals surface area contributed by atoms with Gasteiger partial charge in [-0.15, -0.1) is 10.2 Å². The first-order chi connectivity index (χ1) is 18.2. The number of hydrogen-bond acceptors (Lipinski definition) is 4. The molecule has 0 aliphatic carbocycles. The third kappa shape index (κ3) is 4.31. The molecule has 0 saturated carbocycles. The highest BCUT2D eigenvalue weighted by atomic mass is 19.4. The molecule has 1 aliphatic rings. The Morgan fingerprint density at radius 1 is 0.949 bits per heavy atom. The number of halogens is 7. The minimum atomic E-state index is -4.87. The van der Waals surface area contributed by atoms with Gasteiger partial charge in [0.05, 0.1) is 18.3 Å². The standard InChI is InChI=1S/C26H18F7N5O/c1-24(28,25(29,30)23-36-35-13-37(23)2)16-4-3-5-18(9-16)38-12-20-19(22(38)39)7-14(8-21(20)26(31,32)33)15-6-17(27)11-34-10-15/h3-11,13H,12H2,1-2H3/t24-/m1/s1. The van der Waals surface area contributed by atoms with Crippen molar-refractivity contribution in [3.8, 4) is 11.1 Å². The lowest BCUT2D eigenvalue weighted by Gasteiger charge is -2.30. The van der Waals surface area contributed by atoms with E-state index in [4.69, 9.17) is 0 Å². The average Bonchev–Trinajstić information content (AvgIpc) is 3.46. The number of carbonyl (C=O) groups is 1. The lowest BCUT2D eigenvalue weighted by Crippen LogP contribution is -2.39. The molecule has 1 aliphatic heterocycles. The van der Waals surface area contributed by atoms with Crippen molar-refractivity contribution >= 4 is 11.6 Å². The minimum absolute atomic E-state index is 0.0238. The van der Waals surface area contributed by atoms with Crippen molar-refractivity contribution in [2.75, 3.05) is 4.90 Å². The highest BCUT2D eigenvalue weighted by Crippen LogP contribution is 2.48. The number of benzene rings is 2. The summed E-state index contributed by atoms with van der Waals surface area (Å²) in [6, 6.07) is 7.55. The Balaban J connectivity index is 1.56. The van der Waals surface area contributed by atoms with Crippen LogP contribution >= 0.6 is 0 Å². The lowest BCUT2D eigenvalue weighted by atomic mass is 9.90. The first kappa shape index (κ1) is 26.3. The van der Waals surface area contributed by atoms with Gasteiger partial charge in [-0.25, -0.2) is 8.78 Å². The van der Waals surface area contributed by atoms with Gasteiger partial charge in [0.25, 0.3) is 5.91 Å². The Morgan fingerprint density at radius 3 is 2.33 bits per heavy atom. The summed E-state index contributed by atoms with van der Waals surface area (Å²) in [7, 11) is 1.22. The smallest absolute Gasteiger partial charge is 0.316 e. The number of nitrogens with zero attached hydrogens (tertiary/aromatic N) is 5. The van der Waals surface area contributed by atoms with Crippen LogP contribution in [0.4, 0.5) is 36.4 Å². The van der Waals surface area contributed by atoms with Crippen LogP contribution in [0, 0.1) is 5.82 Å². The third-order valence-electron chi connectivity index (χ3n) is 6.67. The maximum Gasteiger partial charge on any atom is 0.416 e. The Bertz CT molecular complexity index is 1600. The van der Waals surface area contributed by atoms with Crippen LogP contribution in [-0.4, -0.2) is 25.7 Å². The van der Waals surface area contributed by atoms with Gasteiger partial charge in [0, 0.05) is 30.1 Å². The number of hydrogen-bond donors (Lipinski definition) is 0. The fourth-order valence-corrected chi connectivity index (χ4v) is 4.53. The first-order valence-corrected chi connectivity index (χ1v) is 11.4. The second kappa shape index (κ2) is 8.89. The van der Waals surface area contributed by atoms with Gasteiger partial charge in [-0.1, -0.05) is 12.1 Å². The molecule has 5 rings (SSSR count). The highest BCUT2D eigenvalue weighted by Gasteiger charge is 2.57. The molecule has 3 heterocycles. The molecule has 0 unspecified atom stereocenters. The second-order valence-corrected chi connectivity index (χ2v) is 9.22. The molecule has 0 bridgehead atoms. The van der Waals surface area contributed by atoms with Crippen LogP contribution in [0.25, 0.3) is 11.1 Å². The minimum Gasteiger partial charge on any atom is -0.316 e. The van der Waals surface area contributed by atoms with E-state index in [1.165, 1.54) is 25.2 Å².